The third kappa shape index (κ3) is 2.66. The van der Waals surface area contributed by atoms with Gasteiger partial charge in [0.15, 0.2) is 11.4 Å². The van der Waals surface area contributed by atoms with Crippen molar-refractivity contribution >= 4 is 16.8 Å². The maximum absolute atomic E-state index is 12.8. The number of rotatable bonds is 3. The van der Waals surface area contributed by atoms with Crippen LogP contribution in [0.25, 0.3) is 33.4 Å². The van der Waals surface area contributed by atoms with E-state index in [4.69, 9.17) is 10.8 Å². The molecule has 0 unspecified atom stereocenters. The van der Waals surface area contributed by atoms with Gasteiger partial charge in [0.2, 0.25) is 11.6 Å². The second kappa shape index (κ2) is 6.41. The van der Waals surface area contributed by atoms with Crippen molar-refractivity contribution in [1.82, 2.24) is 14.8 Å². The molecule has 4 aromatic rings. The average molecular weight is 385 g/mol. The number of amides is 1. The van der Waals surface area contributed by atoms with Crippen LogP contribution < -0.4 is 10.5 Å². The number of hydrogen-bond donors (Lipinski definition) is 1. The molecule has 1 amide bonds. The van der Waals surface area contributed by atoms with Crippen LogP contribution in [0.4, 0.5) is 0 Å². The fourth-order valence-electron chi connectivity index (χ4n) is 4.09. The van der Waals surface area contributed by atoms with Crippen LogP contribution in [0.5, 0.6) is 0 Å². The van der Waals surface area contributed by atoms with Crippen LogP contribution >= 0.6 is 0 Å². The molecule has 0 saturated carbocycles. The summed E-state index contributed by atoms with van der Waals surface area (Å²) in [5.74, 6) is -0.488. The molecule has 5 rings (SSSR count). The summed E-state index contributed by atoms with van der Waals surface area (Å²) in [5, 5.41) is 18.4. The van der Waals surface area contributed by atoms with Gasteiger partial charge in [0.25, 0.3) is 0 Å². The van der Waals surface area contributed by atoms with E-state index in [9.17, 15) is 10.0 Å². The van der Waals surface area contributed by atoms with Crippen LogP contribution in [0.3, 0.4) is 0 Å². The lowest BCUT2D eigenvalue weighted by Crippen LogP contribution is -2.32. The number of fused-ring (bicyclic) bond motifs is 2. The highest BCUT2D eigenvalue weighted by atomic mass is 16.5. The lowest BCUT2D eigenvalue weighted by atomic mass is 9.95. The molecule has 1 aliphatic rings. The van der Waals surface area contributed by atoms with Crippen molar-refractivity contribution in [3.63, 3.8) is 0 Å². The van der Waals surface area contributed by atoms with E-state index in [0.717, 1.165) is 51.8 Å². The summed E-state index contributed by atoms with van der Waals surface area (Å²) in [7, 11) is 0. The fourth-order valence-corrected chi connectivity index (χ4v) is 4.09. The van der Waals surface area contributed by atoms with Crippen molar-refractivity contribution in [3.8, 4) is 22.5 Å². The van der Waals surface area contributed by atoms with Gasteiger partial charge < -0.3 is 10.9 Å². The van der Waals surface area contributed by atoms with Crippen molar-refractivity contribution in [2.75, 3.05) is 0 Å². The second-order valence-corrected chi connectivity index (χ2v) is 7.30. The van der Waals surface area contributed by atoms with Gasteiger partial charge in [-0.3, -0.25) is 14.5 Å². The summed E-state index contributed by atoms with van der Waals surface area (Å²) in [5.41, 5.74) is 11.4. The van der Waals surface area contributed by atoms with Gasteiger partial charge in [-0.15, -0.1) is 0 Å². The summed E-state index contributed by atoms with van der Waals surface area (Å²) in [4.78, 5) is 16.2. The van der Waals surface area contributed by atoms with Crippen LogP contribution in [-0.4, -0.2) is 20.7 Å². The largest absolute Gasteiger partial charge is 0.618 e. The van der Waals surface area contributed by atoms with Crippen molar-refractivity contribution in [1.29, 1.82) is 0 Å². The summed E-state index contributed by atoms with van der Waals surface area (Å²) in [6.07, 6.45) is 3.63. The van der Waals surface area contributed by atoms with E-state index >= 15 is 0 Å². The minimum atomic E-state index is -0.488. The first-order valence-corrected chi connectivity index (χ1v) is 9.53. The highest BCUT2D eigenvalue weighted by Gasteiger charge is 2.28. The van der Waals surface area contributed by atoms with Crippen molar-refractivity contribution in [2.24, 2.45) is 5.73 Å². The number of pyridine rings is 2. The molecule has 29 heavy (non-hydrogen) atoms. The predicted octanol–water partition coefficient (Wildman–Crippen LogP) is 2.75. The predicted molar refractivity (Wildman–Crippen MR) is 109 cm³/mol. The molecule has 3 aromatic heterocycles. The summed E-state index contributed by atoms with van der Waals surface area (Å²) >= 11 is 0. The number of carbonyl (C=O) groups excluding carboxylic acids is 1. The molecule has 0 atom stereocenters. The topological polar surface area (TPSA) is 101 Å². The molecule has 0 bridgehead atoms. The van der Waals surface area contributed by atoms with Crippen LogP contribution in [0.2, 0.25) is 0 Å². The summed E-state index contributed by atoms with van der Waals surface area (Å²) < 4.78 is 2.90. The number of benzene rings is 1. The van der Waals surface area contributed by atoms with Crippen LogP contribution in [0, 0.1) is 12.1 Å². The van der Waals surface area contributed by atoms with Crippen LogP contribution in [-0.2, 0) is 13.0 Å². The summed E-state index contributed by atoms with van der Waals surface area (Å²) in [6, 6.07) is 12.6. The molecular formula is C22H19N5O2. The Morgan fingerprint density at radius 2 is 2.10 bits per heavy atom. The zero-order valence-corrected chi connectivity index (χ0v) is 15.9. The standard InChI is InChI=1S/C22H19N5O2/c1-13-4-2-5-19(27(13)29)21-20(18-6-3-11-26(18)25-21)15-9-10-24-17-8-7-14(22(23)28)12-16(15)17/h2,4-5,7-10,12H,3,6,11H2,1H3,(H2,23,28). The Balaban J connectivity index is 1.85. The van der Waals surface area contributed by atoms with Gasteiger partial charge in [-0.1, -0.05) is 0 Å². The minimum absolute atomic E-state index is 0.423. The third-order valence-corrected chi connectivity index (χ3v) is 5.51. The highest BCUT2D eigenvalue weighted by Crippen LogP contribution is 2.39. The molecule has 0 radical (unpaired) electrons. The maximum Gasteiger partial charge on any atom is 0.248 e. The molecule has 0 fully saturated rings. The van der Waals surface area contributed by atoms with Gasteiger partial charge in [0, 0.05) is 54.0 Å². The number of nitrogens with two attached hydrogens (primary N) is 1. The number of aryl methyl sites for hydroxylation is 2. The van der Waals surface area contributed by atoms with Gasteiger partial charge in [0.05, 0.1) is 5.52 Å². The molecule has 1 aromatic carbocycles. The van der Waals surface area contributed by atoms with Crippen LogP contribution in [0.1, 0.15) is 28.2 Å². The normalized spacial score (nSPS) is 13.0. The molecule has 2 N–H and O–H groups in total. The Bertz CT molecular complexity index is 1290. The first-order valence-electron chi connectivity index (χ1n) is 9.53. The molecule has 0 spiro atoms. The van der Waals surface area contributed by atoms with E-state index in [1.807, 2.05) is 16.8 Å². The second-order valence-electron chi connectivity index (χ2n) is 7.30. The van der Waals surface area contributed by atoms with E-state index < -0.39 is 5.91 Å². The van der Waals surface area contributed by atoms with E-state index in [2.05, 4.69) is 4.98 Å². The Morgan fingerprint density at radius 3 is 2.93 bits per heavy atom. The molecule has 7 heteroatoms. The molecular weight excluding hydrogens is 366 g/mol. The number of aromatic nitrogens is 4. The molecule has 7 nitrogen and oxygen atoms in total. The van der Waals surface area contributed by atoms with Gasteiger partial charge >= 0.3 is 0 Å². The molecule has 1 aliphatic heterocycles. The van der Waals surface area contributed by atoms with Crippen LogP contribution in [0.15, 0.2) is 48.7 Å². The van der Waals surface area contributed by atoms with Crippen molar-refractivity contribution in [3.05, 3.63) is 70.8 Å². The smallest absolute Gasteiger partial charge is 0.248 e. The Hall–Kier alpha value is -3.74. The fraction of sp³-hybridized carbons (Fsp3) is 0.182. The van der Waals surface area contributed by atoms with Gasteiger partial charge in [-0.05, 0) is 48.7 Å². The highest BCUT2D eigenvalue weighted by molar-refractivity contribution is 6.03. The summed E-state index contributed by atoms with van der Waals surface area (Å²) in [6.45, 7) is 2.60. The molecule has 4 heterocycles. The molecule has 0 saturated heterocycles. The van der Waals surface area contributed by atoms with Crippen molar-refractivity contribution < 1.29 is 9.52 Å². The zero-order chi connectivity index (χ0) is 20.1. The number of primary amides is 1. The number of carbonyl (C=O) groups is 1. The lowest BCUT2D eigenvalue weighted by Gasteiger charge is -2.10. The zero-order valence-electron chi connectivity index (χ0n) is 15.9. The van der Waals surface area contributed by atoms with Gasteiger partial charge in [-0.25, -0.2) is 0 Å². The van der Waals surface area contributed by atoms with Gasteiger partial charge in [0.1, 0.15) is 0 Å². The van der Waals surface area contributed by atoms with Gasteiger partial charge in [-0.2, -0.15) is 9.83 Å². The van der Waals surface area contributed by atoms with Crippen molar-refractivity contribution in [2.45, 2.75) is 26.3 Å². The van der Waals surface area contributed by atoms with E-state index in [1.54, 1.807) is 43.5 Å². The lowest BCUT2D eigenvalue weighted by molar-refractivity contribution is -0.600. The number of nitrogens with zero attached hydrogens (tertiary/aromatic N) is 4. The maximum atomic E-state index is 12.8. The molecule has 0 aliphatic carbocycles. The first kappa shape index (κ1) is 17.4. The average Bonchev–Trinajstić information content (AvgIpc) is 3.30. The third-order valence-electron chi connectivity index (χ3n) is 5.51. The SMILES string of the molecule is Cc1cccc(-c2nn3c(c2-c2ccnc4ccc(C(N)=O)cc24)CCC3)[n+]1[O-]. The van der Waals surface area contributed by atoms with E-state index in [0.29, 0.717) is 22.6 Å². The van der Waals surface area contributed by atoms with E-state index in [-0.39, 0.29) is 0 Å². The molecule has 144 valence electrons. The quantitative estimate of drug-likeness (QED) is 0.433. The Kier molecular flexibility index (Phi) is 3.84. The monoisotopic (exact) mass is 385 g/mol. The first-order chi connectivity index (χ1) is 14.0. The number of hydrogen-bond acceptors (Lipinski definition) is 4. The minimum Gasteiger partial charge on any atom is -0.618 e. The van der Waals surface area contributed by atoms with E-state index in [1.165, 1.54) is 0 Å². The Morgan fingerprint density at radius 1 is 1.24 bits per heavy atom. The Labute approximate surface area is 167 Å².